The lowest BCUT2D eigenvalue weighted by Gasteiger charge is -2.37. The molecule has 1 aromatic carbocycles. The Morgan fingerprint density at radius 1 is 1.21 bits per heavy atom. The number of benzene rings is 1. The van der Waals surface area contributed by atoms with Crippen LogP contribution in [0.4, 0.5) is 5.69 Å². The minimum Gasteiger partial charge on any atom is -0.369 e. The van der Waals surface area contributed by atoms with Gasteiger partial charge in [-0.25, -0.2) is 0 Å². The predicted molar refractivity (Wildman–Crippen MR) is 76.0 cm³/mol. The molecule has 2 N–H and O–H groups in total. The highest BCUT2D eigenvalue weighted by atomic mass is 15.3. The SMILES string of the molecule is N#Cc1cccc(N2CCN(CC3(N)CC3)CC2)c1. The van der Waals surface area contributed by atoms with Crippen LogP contribution in [0.25, 0.3) is 0 Å². The molecule has 0 aromatic heterocycles. The fourth-order valence-corrected chi connectivity index (χ4v) is 2.70. The van der Waals surface area contributed by atoms with E-state index in [1.54, 1.807) is 0 Å². The van der Waals surface area contributed by atoms with E-state index in [0.29, 0.717) is 0 Å². The summed E-state index contributed by atoms with van der Waals surface area (Å²) in [7, 11) is 0. The Bertz CT molecular complexity index is 493. The smallest absolute Gasteiger partial charge is 0.0992 e. The molecule has 1 saturated carbocycles. The first-order valence-electron chi connectivity index (χ1n) is 6.95. The van der Waals surface area contributed by atoms with Gasteiger partial charge in [0, 0.05) is 44.0 Å². The van der Waals surface area contributed by atoms with Gasteiger partial charge in [0.05, 0.1) is 11.6 Å². The average Bonchev–Trinajstić information content (AvgIpc) is 3.17. The predicted octanol–water partition coefficient (Wildman–Crippen LogP) is 1.17. The van der Waals surface area contributed by atoms with Crippen LogP contribution in [0, 0.1) is 11.3 Å². The summed E-state index contributed by atoms with van der Waals surface area (Å²) in [6, 6.07) is 10.1. The van der Waals surface area contributed by atoms with E-state index >= 15 is 0 Å². The van der Waals surface area contributed by atoms with Crippen molar-refractivity contribution in [3.63, 3.8) is 0 Å². The van der Waals surface area contributed by atoms with E-state index in [9.17, 15) is 0 Å². The molecule has 0 atom stereocenters. The number of hydrogen-bond acceptors (Lipinski definition) is 4. The van der Waals surface area contributed by atoms with E-state index in [2.05, 4.69) is 21.9 Å². The average molecular weight is 256 g/mol. The molecule has 0 unspecified atom stereocenters. The van der Waals surface area contributed by atoms with Crippen LogP contribution in [0.5, 0.6) is 0 Å². The molecule has 1 aliphatic heterocycles. The van der Waals surface area contributed by atoms with Gasteiger partial charge in [0.1, 0.15) is 0 Å². The second kappa shape index (κ2) is 4.84. The van der Waals surface area contributed by atoms with Crippen molar-refractivity contribution in [2.24, 2.45) is 5.73 Å². The van der Waals surface area contributed by atoms with E-state index in [-0.39, 0.29) is 5.54 Å². The minimum atomic E-state index is 0.114. The van der Waals surface area contributed by atoms with Gasteiger partial charge in [-0.05, 0) is 31.0 Å². The monoisotopic (exact) mass is 256 g/mol. The molecule has 4 heteroatoms. The Labute approximate surface area is 114 Å². The third-order valence-electron chi connectivity index (χ3n) is 4.14. The number of piperazine rings is 1. The third-order valence-corrected chi connectivity index (χ3v) is 4.14. The highest BCUT2D eigenvalue weighted by Crippen LogP contribution is 2.33. The molecular weight excluding hydrogens is 236 g/mol. The minimum absolute atomic E-state index is 0.114. The Morgan fingerprint density at radius 2 is 1.95 bits per heavy atom. The fourth-order valence-electron chi connectivity index (χ4n) is 2.70. The number of hydrogen-bond donors (Lipinski definition) is 1. The van der Waals surface area contributed by atoms with Gasteiger partial charge < -0.3 is 10.6 Å². The van der Waals surface area contributed by atoms with Crippen molar-refractivity contribution in [1.82, 2.24) is 4.90 Å². The number of rotatable bonds is 3. The van der Waals surface area contributed by atoms with E-state index in [4.69, 9.17) is 11.0 Å². The van der Waals surface area contributed by atoms with E-state index in [1.807, 2.05) is 18.2 Å². The van der Waals surface area contributed by atoms with Gasteiger partial charge in [0.2, 0.25) is 0 Å². The van der Waals surface area contributed by atoms with Gasteiger partial charge in [-0.2, -0.15) is 5.26 Å². The topological polar surface area (TPSA) is 56.3 Å². The summed E-state index contributed by atoms with van der Waals surface area (Å²) in [5, 5.41) is 8.95. The molecule has 1 saturated heterocycles. The number of nitrogens with zero attached hydrogens (tertiary/aromatic N) is 3. The van der Waals surface area contributed by atoms with E-state index < -0.39 is 0 Å². The van der Waals surface area contributed by atoms with Crippen molar-refractivity contribution in [1.29, 1.82) is 5.26 Å². The Hall–Kier alpha value is -1.57. The van der Waals surface area contributed by atoms with Crippen LogP contribution in [0.1, 0.15) is 18.4 Å². The largest absolute Gasteiger partial charge is 0.369 e. The summed E-state index contributed by atoms with van der Waals surface area (Å²) in [5.41, 5.74) is 8.18. The molecule has 0 radical (unpaired) electrons. The molecule has 1 aliphatic carbocycles. The maximum atomic E-state index is 8.95. The normalized spacial score (nSPS) is 22.0. The number of anilines is 1. The number of nitriles is 1. The van der Waals surface area contributed by atoms with Gasteiger partial charge in [0.15, 0.2) is 0 Å². The summed E-state index contributed by atoms with van der Waals surface area (Å²) in [4.78, 5) is 4.82. The van der Waals surface area contributed by atoms with Gasteiger partial charge in [0.25, 0.3) is 0 Å². The van der Waals surface area contributed by atoms with Crippen molar-refractivity contribution >= 4 is 5.69 Å². The van der Waals surface area contributed by atoms with Gasteiger partial charge in [-0.1, -0.05) is 6.07 Å². The van der Waals surface area contributed by atoms with Gasteiger partial charge in [-0.3, -0.25) is 4.90 Å². The van der Waals surface area contributed by atoms with Crippen molar-refractivity contribution in [2.45, 2.75) is 18.4 Å². The van der Waals surface area contributed by atoms with Gasteiger partial charge >= 0.3 is 0 Å². The summed E-state index contributed by atoms with van der Waals surface area (Å²) >= 11 is 0. The second-order valence-electron chi connectivity index (χ2n) is 5.79. The summed E-state index contributed by atoms with van der Waals surface area (Å²) in [6.07, 6.45) is 2.36. The fraction of sp³-hybridized carbons (Fsp3) is 0.533. The standard InChI is InChI=1S/C15H20N4/c16-11-13-2-1-3-14(10-13)19-8-6-18(7-9-19)12-15(17)4-5-15/h1-3,10H,4-9,12,17H2. The van der Waals surface area contributed by atoms with Crippen molar-refractivity contribution in [2.75, 3.05) is 37.6 Å². The lowest BCUT2D eigenvalue weighted by atomic mass is 10.1. The Balaban J connectivity index is 1.58. The van der Waals surface area contributed by atoms with Crippen LogP contribution in [-0.4, -0.2) is 43.2 Å². The second-order valence-corrected chi connectivity index (χ2v) is 5.79. The molecule has 1 heterocycles. The van der Waals surface area contributed by atoms with Crippen LogP contribution in [0.3, 0.4) is 0 Å². The summed E-state index contributed by atoms with van der Waals surface area (Å²) in [6.45, 7) is 5.21. The zero-order valence-electron chi connectivity index (χ0n) is 11.2. The first kappa shape index (κ1) is 12.5. The van der Waals surface area contributed by atoms with E-state index in [0.717, 1.165) is 44.0 Å². The van der Waals surface area contributed by atoms with Crippen LogP contribution in [0.15, 0.2) is 24.3 Å². The molecular formula is C15H20N4. The summed E-state index contributed by atoms with van der Waals surface area (Å²) < 4.78 is 0. The zero-order valence-corrected chi connectivity index (χ0v) is 11.2. The van der Waals surface area contributed by atoms with E-state index in [1.165, 1.54) is 12.8 Å². The molecule has 3 rings (SSSR count). The highest BCUT2D eigenvalue weighted by Gasteiger charge is 2.40. The first-order chi connectivity index (χ1) is 9.18. The van der Waals surface area contributed by atoms with Crippen molar-refractivity contribution < 1.29 is 0 Å². The molecule has 0 spiro atoms. The van der Waals surface area contributed by atoms with Crippen LogP contribution in [0.2, 0.25) is 0 Å². The first-order valence-corrected chi connectivity index (χ1v) is 6.95. The molecule has 0 bridgehead atoms. The van der Waals surface area contributed by atoms with Gasteiger partial charge in [-0.15, -0.1) is 0 Å². The Morgan fingerprint density at radius 3 is 2.58 bits per heavy atom. The highest BCUT2D eigenvalue weighted by molar-refractivity contribution is 5.51. The van der Waals surface area contributed by atoms with Crippen molar-refractivity contribution in [3.8, 4) is 6.07 Å². The molecule has 19 heavy (non-hydrogen) atoms. The number of nitrogens with two attached hydrogens (primary N) is 1. The zero-order chi connectivity index (χ0) is 13.3. The molecule has 4 nitrogen and oxygen atoms in total. The Kier molecular flexibility index (Phi) is 3.17. The van der Waals surface area contributed by atoms with Crippen LogP contribution < -0.4 is 10.6 Å². The molecule has 0 amide bonds. The molecule has 1 aromatic rings. The molecule has 2 fully saturated rings. The quantitative estimate of drug-likeness (QED) is 0.882. The lowest BCUT2D eigenvalue weighted by molar-refractivity contribution is 0.236. The molecule has 2 aliphatic rings. The summed E-state index contributed by atoms with van der Waals surface area (Å²) in [5.74, 6) is 0. The molecule has 100 valence electrons. The van der Waals surface area contributed by atoms with Crippen molar-refractivity contribution in [3.05, 3.63) is 29.8 Å². The van der Waals surface area contributed by atoms with Crippen LogP contribution in [-0.2, 0) is 0 Å². The lowest BCUT2D eigenvalue weighted by Crippen LogP contribution is -2.50. The van der Waals surface area contributed by atoms with Crippen LogP contribution >= 0.6 is 0 Å². The maximum Gasteiger partial charge on any atom is 0.0992 e. The third kappa shape index (κ3) is 2.89. The maximum absolute atomic E-state index is 8.95.